The van der Waals surface area contributed by atoms with E-state index in [1.165, 1.54) is 5.56 Å². The van der Waals surface area contributed by atoms with Gasteiger partial charge in [-0.1, -0.05) is 30.3 Å². The molecule has 1 aromatic carbocycles. The zero-order valence-corrected chi connectivity index (χ0v) is 7.53. The van der Waals surface area contributed by atoms with Crippen molar-refractivity contribution in [1.82, 2.24) is 0 Å². The second-order valence-electron chi connectivity index (χ2n) is 2.75. The summed E-state index contributed by atoms with van der Waals surface area (Å²) in [6.07, 6.45) is 4.15. The fourth-order valence-corrected chi connectivity index (χ4v) is 1.15. The lowest BCUT2D eigenvalue weighted by atomic mass is 10.1. The first-order chi connectivity index (χ1) is 5.93. The average Bonchev–Trinajstić information content (AvgIpc) is 2.14. The molecule has 1 heteroatoms. The van der Waals surface area contributed by atoms with Crippen molar-refractivity contribution >= 4 is 6.21 Å². The van der Waals surface area contributed by atoms with Crippen molar-refractivity contribution in [3.8, 4) is 0 Å². The second-order valence-corrected chi connectivity index (χ2v) is 2.75. The summed E-state index contributed by atoms with van der Waals surface area (Å²) in [5.74, 6) is 0. The molecule has 0 amide bonds. The van der Waals surface area contributed by atoms with Crippen LogP contribution in [0.3, 0.4) is 0 Å². The summed E-state index contributed by atoms with van der Waals surface area (Å²) in [7, 11) is 0. The van der Waals surface area contributed by atoms with Crippen LogP contribution in [-0.2, 0) is 6.42 Å². The van der Waals surface area contributed by atoms with Crippen molar-refractivity contribution in [1.29, 1.82) is 0 Å². The molecular formula is C11H15N. The molecule has 64 valence electrons. The Labute approximate surface area is 74.2 Å². The smallest absolute Gasteiger partial charge is 0.0388 e. The van der Waals surface area contributed by atoms with E-state index >= 15 is 0 Å². The van der Waals surface area contributed by atoms with Gasteiger partial charge in [-0.2, -0.15) is 0 Å². The fraction of sp³-hybridized carbons (Fsp3) is 0.364. The molecule has 0 unspecified atom stereocenters. The highest BCUT2D eigenvalue weighted by atomic mass is 14.7. The van der Waals surface area contributed by atoms with Gasteiger partial charge >= 0.3 is 0 Å². The Hall–Kier alpha value is -1.11. The van der Waals surface area contributed by atoms with E-state index in [-0.39, 0.29) is 0 Å². The molecule has 1 aromatic rings. The number of hydrogen-bond donors (Lipinski definition) is 0. The maximum absolute atomic E-state index is 4.16. The fourth-order valence-electron chi connectivity index (χ4n) is 1.15. The third-order valence-electron chi connectivity index (χ3n) is 1.78. The molecule has 0 fully saturated rings. The Morgan fingerprint density at radius 2 is 2.00 bits per heavy atom. The van der Waals surface area contributed by atoms with Crippen LogP contribution in [0.2, 0.25) is 0 Å². The van der Waals surface area contributed by atoms with Crippen LogP contribution in [0.25, 0.3) is 0 Å². The Morgan fingerprint density at radius 3 is 2.67 bits per heavy atom. The summed E-state index contributed by atoms with van der Waals surface area (Å²) < 4.78 is 0. The van der Waals surface area contributed by atoms with Crippen LogP contribution in [-0.4, -0.2) is 12.8 Å². The van der Waals surface area contributed by atoms with Gasteiger partial charge in [0.25, 0.3) is 0 Å². The number of aryl methyl sites for hydroxylation is 1. The maximum Gasteiger partial charge on any atom is 0.0388 e. The van der Waals surface area contributed by atoms with Gasteiger partial charge in [-0.15, -0.1) is 0 Å². The Bertz CT molecular complexity index is 226. The van der Waals surface area contributed by atoms with E-state index in [9.17, 15) is 0 Å². The predicted molar refractivity (Wildman–Crippen MR) is 53.8 cm³/mol. The van der Waals surface area contributed by atoms with E-state index in [0.717, 1.165) is 19.4 Å². The molecular weight excluding hydrogens is 146 g/mol. The lowest BCUT2D eigenvalue weighted by Gasteiger charge is -1.97. The van der Waals surface area contributed by atoms with E-state index in [0.29, 0.717) is 0 Å². The van der Waals surface area contributed by atoms with Crippen LogP contribution in [0.5, 0.6) is 0 Å². The molecule has 0 radical (unpaired) electrons. The lowest BCUT2D eigenvalue weighted by Crippen LogP contribution is -1.87. The molecule has 0 N–H and O–H groups in total. The highest BCUT2D eigenvalue weighted by Gasteiger charge is 1.89. The minimum Gasteiger partial charge on any atom is -0.298 e. The highest BCUT2D eigenvalue weighted by Crippen LogP contribution is 2.01. The van der Waals surface area contributed by atoms with Gasteiger partial charge in [0.05, 0.1) is 0 Å². The van der Waals surface area contributed by atoms with Crippen molar-refractivity contribution in [3.63, 3.8) is 0 Å². The summed E-state index contributed by atoms with van der Waals surface area (Å²) in [5, 5.41) is 0. The number of benzene rings is 1. The molecule has 0 bridgehead atoms. The van der Waals surface area contributed by atoms with Gasteiger partial charge in [0, 0.05) is 6.54 Å². The Morgan fingerprint density at radius 1 is 1.25 bits per heavy atom. The Kier molecular flexibility index (Phi) is 4.14. The van der Waals surface area contributed by atoms with Gasteiger partial charge in [0.15, 0.2) is 0 Å². The zero-order valence-electron chi connectivity index (χ0n) is 7.53. The van der Waals surface area contributed by atoms with Crippen LogP contribution in [0.1, 0.15) is 18.9 Å². The Balaban J connectivity index is 2.24. The minimum absolute atomic E-state index is 0.950. The monoisotopic (exact) mass is 161 g/mol. The standard InChI is InChI=1S/C11H15N/c1-2-12-10-6-9-11-7-4-3-5-8-11/h2-5,7-8H,6,9-10H2,1H3. The molecule has 0 saturated heterocycles. The van der Waals surface area contributed by atoms with E-state index in [1.807, 2.05) is 19.2 Å². The van der Waals surface area contributed by atoms with E-state index in [1.54, 1.807) is 0 Å². The first-order valence-corrected chi connectivity index (χ1v) is 4.42. The molecule has 0 aliphatic rings. The molecule has 0 aromatic heterocycles. The summed E-state index contributed by atoms with van der Waals surface area (Å²) in [4.78, 5) is 4.16. The van der Waals surface area contributed by atoms with Crippen LogP contribution < -0.4 is 0 Å². The van der Waals surface area contributed by atoms with Gasteiger partial charge in [0.1, 0.15) is 0 Å². The highest BCUT2D eigenvalue weighted by molar-refractivity contribution is 5.53. The number of hydrogen-bond acceptors (Lipinski definition) is 1. The quantitative estimate of drug-likeness (QED) is 0.475. The van der Waals surface area contributed by atoms with E-state index in [2.05, 4.69) is 29.3 Å². The predicted octanol–water partition coefficient (Wildman–Crippen LogP) is 2.71. The lowest BCUT2D eigenvalue weighted by molar-refractivity contribution is 0.835. The zero-order chi connectivity index (χ0) is 8.65. The van der Waals surface area contributed by atoms with Gasteiger partial charge in [-0.05, 0) is 31.5 Å². The largest absolute Gasteiger partial charge is 0.298 e. The normalized spacial score (nSPS) is 10.8. The molecule has 0 spiro atoms. The second kappa shape index (κ2) is 5.53. The van der Waals surface area contributed by atoms with Crippen LogP contribution in [0, 0.1) is 0 Å². The van der Waals surface area contributed by atoms with Crippen molar-refractivity contribution in [2.45, 2.75) is 19.8 Å². The SMILES string of the molecule is CC=NCCCc1ccccc1. The molecule has 1 nitrogen and oxygen atoms in total. The van der Waals surface area contributed by atoms with Crippen molar-refractivity contribution in [2.75, 3.05) is 6.54 Å². The van der Waals surface area contributed by atoms with Gasteiger partial charge in [-0.25, -0.2) is 0 Å². The third kappa shape index (κ3) is 3.33. The number of rotatable bonds is 4. The molecule has 0 atom stereocenters. The van der Waals surface area contributed by atoms with Gasteiger partial charge < -0.3 is 0 Å². The molecule has 0 aliphatic carbocycles. The van der Waals surface area contributed by atoms with E-state index in [4.69, 9.17) is 0 Å². The molecule has 12 heavy (non-hydrogen) atoms. The molecule has 0 aliphatic heterocycles. The number of nitrogens with zero attached hydrogens (tertiary/aromatic N) is 1. The molecule has 0 heterocycles. The van der Waals surface area contributed by atoms with Crippen molar-refractivity contribution in [3.05, 3.63) is 35.9 Å². The van der Waals surface area contributed by atoms with Gasteiger partial charge in [0.2, 0.25) is 0 Å². The number of aliphatic imine (C=N–C) groups is 1. The van der Waals surface area contributed by atoms with Crippen molar-refractivity contribution < 1.29 is 0 Å². The summed E-state index contributed by atoms with van der Waals surface area (Å²) in [6, 6.07) is 10.5. The van der Waals surface area contributed by atoms with Crippen molar-refractivity contribution in [2.24, 2.45) is 4.99 Å². The average molecular weight is 161 g/mol. The van der Waals surface area contributed by atoms with E-state index < -0.39 is 0 Å². The summed E-state index contributed by atoms with van der Waals surface area (Å²) in [6.45, 7) is 2.91. The maximum atomic E-state index is 4.16. The summed E-state index contributed by atoms with van der Waals surface area (Å²) in [5.41, 5.74) is 1.41. The van der Waals surface area contributed by atoms with Crippen LogP contribution in [0.15, 0.2) is 35.3 Å². The van der Waals surface area contributed by atoms with Gasteiger partial charge in [-0.3, -0.25) is 4.99 Å². The van der Waals surface area contributed by atoms with Crippen LogP contribution >= 0.6 is 0 Å². The van der Waals surface area contributed by atoms with Crippen LogP contribution in [0.4, 0.5) is 0 Å². The minimum atomic E-state index is 0.950. The first-order valence-electron chi connectivity index (χ1n) is 4.42. The topological polar surface area (TPSA) is 12.4 Å². The summed E-state index contributed by atoms with van der Waals surface area (Å²) >= 11 is 0. The molecule has 1 rings (SSSR count). The first kappa shape index (κ1) is 8.98. The molecule has 0 saturated carbocycles. The third-order valence-corrected chi connectivity index (χ3v) is 1.78.